The average molecular weight is 236 g/mol. The van der Waals surface area contributed by atoms with Crippen molar-refractivity contribution < 1.29 is 4.74 Å². The van der Waals surface area contributed by atoms with Crippen LogP contribution in [0.25, 0.3) is 0 Å². The third-order valence-corrected chi connectivity index (χ3v) is 2.81. The minimum absolute atomic E-state index is 0.562. The van der Waals surface area contributed by atoms with E-state index in [1.54, 1.807) is 7.11 Å². The summed E-state index contributed by atoms with van der Waals surface area (Å²) in [6.07, 6.45) is 6.47. The first-order valence-electron chi connectivity index (χ1n) is 6.52. The number of methoxy groups -OCH3 is 1. The zero-order valence-corrected chi connectivity index (χ0v) is 11.2. The molecule has 0 aliphatic carbocycles. The third kappa shape index (κ3) is 5.18. The van der Waals surface area contributed by atoms with Crippen LogP contribution in [0, 0.1) is 0 Å². The SMILES string of the molecule is CCCNC(CCC)Cc1ccnc(OC)c1. The highest BCUT2D eigenvalue weighted by atomic mass is 16.5. The van der Waals surface area contributed by atoms with Crippen LogP contribution in [0.4, 0.5) is 0 Å². The van der Waals surface area contributed by atoms with Gasteiger partial charge in [0.25, 0.3) is 0 Å². The van der Waals surface area contributed by atoms with Crippen LogP contribution in [-0.4, -0.2) is 24.7 Å². The topological polar surface area (TPSA) is 34.2 Å². The van der Waals surface area contributed by atoms with Crippen molar-refractivity contribution in [2.75, 3.05) is 13.7 Å². The van der Waals surface area contributed by atoms with Crippen molar-refractivity contribution in [3.63, 3.8) is 0 Å². The standard InChI is InChI=1S/C14H24N2O/c1-4-6-13(15-8-5-2)10-12-7-9-16-14(11-12)17-3/h7,9,11,13,15H,4-6,8,10H2,1-3H3. The number of hydrogen-bond donors (Lipinski definition) is 1. The molecular weight excluding hydrogens is 212 g/mol. The Labute approximate surface area is 105 Å². The summed E-state index contributed by atoms with van der Waals surface area (Å²) in [6, 6.07) is 4.65. The molecule has 1 heterocycles. The normalized spacial score (nSPS) is 12.4. The highest BCUT2D eigenvalue weighted by Gasteiger charge is 2.08. The van der Waals surface area contributed by atoms with Crippen molar-refractivity contribution in [3.05, 3.63) is 23.9 Å². The van der Waals surface area contributed by atoms with Gasteiger partial charge in [-0.2, -0.15) is 0 Å². The predicted molar refractivity (Wildman–Crippen MR) is 71.5 cm³/mol. The van der Waals surface area contributed by atoms with E-state index in [-0.39, 0.29) is 0 Å². The van der Waals surface area contributed by atoms with Crippen molar-refractivity contribution in [2.24, 2.45) is 0 Å². The first-order chi connectivity index (χ1) is 8.30. The number of aromatic nitrogens is 1. The second-order valence-electron chi connectivity index (χ2n) is 4.35. The minimum Gasteiger partial charge on any atom is -0.481 e. The quantitative estimate of drug-likeness (QED) is 0.753. The van der Waals surface area contributed by atoms with Crippen LogP contribution in [0.3, 0.4) is 0 Å². The van der Waals surface area contributed by atoms with Crippen molar-refractivity contribution in [3.8, 4) is 5.88 Å². The molecular formula is C14H24N2O. The summed E-state index contributed by atoms with van der Waals surface area (Å²) in [5.41, 5.74) is 1.29. The van der Waals surface area contributed by atoms with Gasteiger partial charge in [0.15, 0.2) is 0 Å². The molecule has 0 amide bonds. The lowest BCUT2D eigenvalue weighted by atomic mass is 10.0. The molecule has 96 valence electrons. The fourth-order valence-electron chi connectivity index (χ4n) is 1.95. The maximum Gasteiger partial charge on any atom is 0.213 e. The van der Waals surface area contributed by atoms with Crippen LogP contribution in [0.5, 0.6) is 5.88 Å². The Hall–Kier alpha value is -1.09. The van der Waals surface area contributed by atoms with Gasteiger partial charge < -0.3 is 10.1 Å². The van der Waals surface area contributed by atoms with Gasteiger partial charge in [-0.3, -0.25) is 0 Å². The molecule has 0 saturated heterocycles. The van der Waals surface area contributed by atoms with Crippen LogP contribution >= 0.6 is 0 Å². The van der Waals surface area contributed by atoms with Crippen LogP contribution in [0.2, 0.25) is 0 Å². The van der Waals surface area contributed by atoms with Gasteiger partial charge in [0.2, 0.25) is 5.88 Å². The Balaban J connectivity index is 2.57. The van der Waals surface area contributed by atoms with E-state index in [9.17, 15) is 0 Å². The number of pyridine rings is 1. The van der Waals surface area contributed by atoms with Crippen LogP contribution in [-0.2, 0) is 6.42 Å². The molecule has 1 atom stereocenters. The molecule has 1 rings (SSSR count). The molecule has 0 radical (unpaired) electrons. The summed E-state index contributed by atoms with van der Waals surface area (Å²) < 4.78 is 5.15. The summed E-state index contributed by atoms with van der Waals surface area (Å²) >= 11 is 0. The monoisotopic (exact) mass is 236 g/mol. The summed E-state index contributed by atoms with van der Waals surface area (Å²) in [4.78, 5) is 4.13. The molecule has 0 spiro atoms. The number of nitrogens with one attached hydrogen (secondary N) is 1. The highest BCUT2D eigenvalue weighted by Crippen LogP contribution is 2.12. The molecule has 0 aliphatic rings. The third-order valence-electron chi connectivity index (χ3n) is 2.81. The van der Waals surface area contributed by atoms with Crippen LogP contribution in [0.1, 0.15) is 38.7 Å². The largest absolute Gasteiger partial charge is 0.481 e. The summed E-state index contributed by atoms with van der Waals surface area (Å²) in [5, 5.41) is 3.60. The lowest BCUT2D eigenvalue weighted by Gasteiger charge is -2.18. The van der Waals surface area contributed by atoms with Crippen molar-refractivity contribution in [1.82, 2.24) is 10.3 Å². The van der Waals surface area contributed by atoms with E-state index in [1.165, 1.54) is 24.8 Å². The Morgan fingerprint density at radius 2 is 2.18 bits per heavy atom. The molecule has 1 aromatic heterocycles. The van der Waals surface area contributed by atoms with Crippen molar-refractivity contribution >= 4 is 0 Å². The molecule has 0 aliphatic heterocycles. The Morgan fingerprint density at radius 1 is 1.35 bits per heavy atom. The average Bonchev–Trinajstić information content (AvgIpc) is 2.36. The molecule has 1 aromatic rings. The van der Waals surface area contributed by atoms with Crippen molar-refractivity contribution in [2.45, 2.75) is 45.6 Å². The minimum atomic E-state index is 0.562. The Bertz CT molecular complexity index is 315. The zero-order chi connectivity index (χ0) is 12.5. The summed E-state index contributed by atoms with van der Waals surface area (Å²) in [7, 11) is 1.66. The van der Waals surface area contributed by atoms with Gasteiger partial charge in [-0.25, -0.2) is 4.98 Å². The van der Waals surface area contributed by atoms with Gasteiger partial charge in [0.05, 0.1) is 7.11 Å². The highest BCUT2D eigenvalue weighted by molar-refractivity contribution is 5.21. The first-order valence-corrected chi connectivity index (χ1v) is 6.52. The maximum absolute atomic E-state index is 5.15. The van der Waals surface area contributed by atoms with E-state index in [2.05, 4.69) is 30.2 Å². The maximum atomic E-state index is 5.15. The zero-order valence-electron chi connectivity index (χ0n) is 11.2. The van der Waals surface area contributed by atoms with E-state index < -0.39 is 0 Å². The predicted octanol–water partition coefficient (Wildman–Crippen LogP) is 2.80. The molecule has 17 heavy (non-hydrogen) atoms. The lowest BCUT2D eigenvalue weighted by molar-refractivity contribution is 0.396. The van der Waals surface area contributed by atoms with Crippen LogP contribution < -0.4 is 10.1 Å². The Morgan fingerprint density at radius 3 is 2.82 bits per heavy atom. The van der Waals surface area contributed by atoms with E-state index in [4.69, 9.17) is 4.74 Å². The van der Waals surface area contributed by atoms with Crippen molar-refractivity contribution in [1.29, 1.82) is 0 Å². The van der Waals surface area contributed by atoms with Gasteiger partial charge in [-0.05, 0) is 37.4 Å². The number of ether oxygens (including phenoxy) is 1. The number of hydrogen-bond acceptors (Lipinski definition) is 3. The molecule has 0 bridgehead atoms. The van der Waals surface area contributed by atoms with Gasteiger partial charge in [-0.1, -0.05) is 20.3 Å². The second kappa shape index (κ2) is 8.07. The molecule has 0 aromatic carbocycles. The molecule has 0 saturated carbocycles. The fourth-order valence-corrected chi connectivity index (χ4v) is 1.95. The fraction of sp³-hybridized carbons (Fsp3) is 0.643. The number of nitrogens with zero attached hydrogens (tertiary/aromatic N) is 1. The lowest BCUT2D eigenvalue weighted by Crippen LogP contribution is -2.31. The van der Waals surface area contributed by atoms with E-state index in [0.29, 0.717) is 11.9 Å². The van der Waals surface area contributed by atoms with E-state index >= 15 is 0 Å². The smallest absolute Gasteiger partial charge is 0.213 e. The van der Waals surface area contributed by atoms with E-state index in [1.807, 2.05) is 12.3 Å². The van der Waals surface area contributed by atoms with Gasteiger partial charge in [0.1, 0.15) is 0 Å². The molecule has 1 N–H and O–H groups in total. The summed E-state index contributed by atoms with van der Waals surface area (Å²) in [5.74, 6) is 0.702. The van der Waals surface area contributed by atoms with Gasteiger partial charge in [-0.15, -0.1) is 0 Å². The van der Waals surface area contributed by atoms with E-state index in [0.717, 1.165) is 13.0 Å². The number of rotatable bonds is 8. The molecule has 3 heteroatoms. The molecule has 3 nitrogen and oxygen atoms in total. The molecule has 1 unspecified atom stereocenters. The molecule has 0 fully saturated rings. The Kier molecular flexibility index (Phi) is 6.63. The summed E-state index contributed by atoms with van der Waals surface area (Å²) in [6.45, 7) is 5.52. The first kappa shape index (κ1) is 14.0. The van der Waals surface area contributed by atoms with Gasteiger partial charge >= 0.3 is 0 Å². The van der Waals surface area contributed by atoms with Crippen LogP contribution in [0.15, 0.2) is 18.3 Å². The second-order valence-corrected chi connectivity index (χ2v) is 4.35. The van der Waals surface area contributed by atoms with Gasteiger partial charge in [0, 0.05) is 18.3 Å².